The van der Waals surface area contributed by atoms with Crippen molar-refractivity contribution in [3.05, 3.63) is 59.7 Å². The number of anilines is 1. The van der Waals surface area contributed by atoms with E-state index in [0.717, 1.165) is 6.42 Å². The van der Waals surface area contributed by atoms with E-state index >= 15 is 0 Å². The van der Waals surface area contributed by atoms with Crippen LogP contribution in [0.4, 0.5) is 5.69 Å². The van der Waals surface area contributed by atoms with Crippen LogP contribution in [0.15, 0.2) is 48.5 Å². The van der Waals surface area contributed by atoms with Gasteiger partial charge in [-0.25, -0.2) is 0 Å². The maximum atomic E-state index is 12.5. The van der Waals surface area contributed by atoms with Crippen molar-refractivity contribution in [3.8, 4) is 5.75 Å². The maximum Gasteiger partial charge on any atom is 0.262 e. The van der Waals surface area contributed by atoms with E-state index < -0.39 is 0 Å². The molecular weight excluding hydrogens is 330 g/mol. The van der Waals surface area contributed by atoms with E-state index in [-0.39, 0.29) is 24.5 Å². The molecule has 26 heavy (non-hydrogen) atoms. The standard InChI is InChI=1S/C20H23N3O3/c1-23(2)16(10-14-6-4-3-5-7-14)12-21-20(25)15-8-9-17-18(11-15)26-13-19(24)22-17/h3-9,11,16H,10,12-13H2,1-2H3,(H,21,25)(H,22,24). The number of ether oxygens (including phenoxy) is 1. The van der Waals surface area contributed by atoms with Gasteiger partial charge in [0, 0.05) is 18.2 Å². The van der Waals surface area contributed by atoms with Gasteiger partial charge in [0.15, 0.2) is 6.61 Å². The summed E-state index contributed by atoms with van der Waals surface area (Å²) in [5, 5.41) is 5.71. The zero-order valence-corrected chi connectivity index (χ0v) is 15.0. The zero-order chi connectivity index (χ0) is 18.5. The molecule has 6 heteroatoms. The van der Waals surface area contributed by atoms with Gasteiger partial charge in [-0.1, -0.05) is 30.3 Å². The molecule has 2 amide bonds. The van der Waals surface area contributed by atoms with Crippen molar-refractivity contribution in [3.63, 3.8) is 0 Å². The molecule has 0 radical (unpaired) electrons. The molecule has 2 aromatic carbocycles. The topological polar surface area (TPSA) is 70.7 Å². The Hall–Kier alpha value is -2.86. The Morgan fingerprint density at radius 3 is 2.73 bits per heavy atom. The number of benzene rings is 2. The Morgan fingerprint density at radius 1 is 1.23 bits per heavy atom. The molecule has 2 N–H and O–H groups in total. The molecule has 0 saturated carbocycles. The number of nitrogens with one attached hydrogen (secondary N) is 2. The first kappa shape index (κ1) is 17.9. The number of carbonyl (C=O) groups is 2. The van der Waals surface area contributed by atoms with Gasteiger partial charge in [0.2, 0.25) is 0 Å². The van der Waals surface area contributed by atoms with Crippen molar-refractivity contribution in [2.24, 2.45) is 0 Å². The molecule has 3 rings (SSSR count). The Labute approximate surface area is 153 Å². The van der Waals surface area contributed by atoms with Crippen LogP contribution in [0, 0.1) is 0 Å². The third kappa shape index (κ3) is 4.40. The lowest BCUT2D eigenvalue weighted by Crippen LogP contribution is -2.41. The number of hydrogen-bond acceptors (Lipinski definition) is 4. The molecule has 136 valence electrons. The van der Waals surface area contributed by atoms with Crippen molar-refractivity contribution >= 4 is 17.5 Å². The van der Waals surface area contributed by atoms with Crippen LogP contribution in [0.3, 0.4) is 0 Å². The highest BCUT2D eigenvalue weighted by molar-refractivity contribution is 5.98. The normalized spacial score (nSPS) is 14.2. The molecule has 0 aliphatic carbocycles. The van der Waals surface area contributed by atoms with Crippen LogP contribution in [-0.4, -0.2) is 50.0 Å². The minimum atomic E-state index is -0.190. The van der Waals surface area contributed by atoms with Crippen LogP contribution in [0.5, 0.6) is 5.75 Å². The van der Waals surface area contributed by atoms with Gasteiger partial charge in [0.05, 0.1) is 5.69 Å². The molecule has 0 fully saturated rings. The van der Waals surface area contributed by atoms with E-state index in [1.807, 2.05) is 32.3 Å². The molecular formula is C20H23N3O3. The third-order valence-corrected chi connectivity index (χ3v) is 4.42. The summed E-state index contributed by atoms with van der Waals surface area (Å²) in [5.41, 5.74) is 2.34. The molecule has 2 aromatic rings. The van der Waals surface area contributed by atoms with E-state index in [9.17, 15) is 9.59 Å². The van der Waals surface area contributed by atoms with E-state index in [2.05, 4.69) is 27.7 Å². The highest BCUT2D eigenvalue weighted by atomic mass is 16.5. The van der Waals surface area contributed by atoms with Crippen molar-refractivity contribution in [2.45, 2.75) is 12.5 Å². The Morgan fingerprint density at radius 2 is 2.00 bits per heavy atom. The van der Waals surface area contributed by atoms with E-state index in [1.54, 1.807) is 18.2 Å². The van der Waals surface area contributed by atoms with Crippen LogP contribution in [0.1, 0.15) is 15.9 Å². The number of nitrogens with zero attached hydrogens (tertiary/aromatic N) is 1. The summed E-state index contributed by atoms with van der Waals surface area (Å²) in [6.07, 6.45) is 0.855. The van der Waals surface area contributed by atoms with Gasteiger partial charge in [-0.2, -0.15) is 0 Å². The lowest BCUT2D eigenvalue weighted by atomic mass is 10.0. The fraction of sp³-hybridized carbons (Fsp3) is 0.300. The van der Waals surface area contributed by atoms with Crippen LogP contribution < -0.4 is 15.4 Å². The van der Waals surface area contributed by atoms with Crippen LogP contribution in [0.25, 0.3) is 0 Å². The van der Waals surface area contributed by atoms with E-state index in [4.69, 9.17) is 4.74 Å². The molecule has 0 saturated heterocycles. The highest BCUT2D eigenvalue weighted by Gasteiger charge is 2.19. The SMILES string of the molecule is CN(C)C(CNC(=O)c1ccc2c(c1)OCC(=O)N2)Cc1ccccc1. The Kier molecular flexibility index (Phi) is 5.53. The second kappa shape index (κ2) is 8.01. The fourth-order valence-corrected chi connectivity index (χ4v) is 2.85. The lowest BCUT2D eigenvalue weighted by molar-refractivity contribution is -0.118. The van der Waals surface area contributed by atoms with Gasteiger partial charge in [-0.05, 0) is 44.3 Å². The molecule has 0 bridgehead atoms. The molecule has 0 spiro atoms. The van der Waals surface area contributed by atoms with Gasteiger partial charge in [-0.3, -0.25) is 9.59 Å². The smallest absolute Gasteiger partial charge is 0.262 e. The Balaban J connectivity index is 1.62. The van der Waals surface area contributed by atoms with Crippen LogP contribution >= 0.6 is 0 Å². The number of fused-ring (bicyclic) bond motifs is 1. The average molecular weight is 353 g/mol. The van der Waals surface area contributed by atoms with E-state index in [0.29, 0.717) is 23.5 Å². The summed E-state index contributed by atoms with van der Waals surface area (Å²) in [7, 11) is 4.02. The monoisotopic (exact) mass is 353 g/mol. The minimum Gasteiger partial charge on any atom is -0.482 e. The number of carbonyl (C=O) groups excluding carboxylic acids is 2. The largest absolute Gasteiger partial charge is 0.482 e. The van der Waals surface area contributed by atoms with Crippen LogP contribution in [-0.2, 0) is 11.2 Å². The average Bonchev–Trinajstić information content (AvgIpc) is 2.65. The minimum absolute atomic E-state index is 0.0299. The third-order valence-electron chi connectivity index (χ3n) is 4.42. The molecule has 6 nitrogen and oxygen atoms in total. The van der Waals surface area contributed by atoms with Crippen molar-refractivity contribution in [1.29, 1.82) is 0 Å². The predicted octanol–water partition coefficient (Wildman–Crippen LogP) is 1.92. The first-order valence-electron chi connectivity index (χ1n) is 8.58. The van der Waals surface area contributed by atoms with Gasteiger partial charge < -0.3 is 20.3 Å². The zero-order valence-electron chi connectivity index (χ0n) is 15.0. The maximum absolute atomic E-state index is 12.5. The first-order valence-corrected chi connectivity index (χ1v) is 8.58. The molecule has 1 atom stereocenters. The van der Waals surface area contributed by atoms with Crippen LogP contribution in [0.2, 0.25) is 0 Å². The van der Waals surface area contributed by atoms with Gasteiger partial charge in [0.25, 0.3) is 11.8 Å². The second-order valence-electron chi connectivity index (χ2n) is 6.56. The van der Waals surface area contributed by atoms with Crippen molar-refractivity contribution in [2.75, 3.05) is 32.6 Å². The molecule has 1 heterocycles. The molecule has 0 aromatic heterocycles. The van der Waals surface area contributed by atoms with Crippen molar-refractivity contribution < 1.29 is 14.3 Å². The fourth-order valence-electron chi connectivity index (χ4n) is 2.85. The molecule has 1 aliphatic heterocycles. The lowest BCUT2D eigenvalue weighted by Gasteiger charge is -2.25. The van der Waals surface area contributed by atoms with E-state index in [1.165, 1.54) is 5.56 Å². The summed E-state index contributed by atoms with van der Waals surface area (Å²) in [4.78, 5) is 25.9. The summed E-state index contributed by atoms with van der Waals surface area (Å²) < 4.78 is 5.37. The Bertz CT molecular complexity index is 790. The number of amides is 2. The summed E-state index contributed by atoms with van der Waals surface area (Å²) in [6.45, 7) is 0.507. The number of hydrogen-bond donors (Lipinski definition) is 2. The quantitative estimate of drug-likeness (QED) is 0.832. The molecule has 1 aliphatic rings. The van der Waals surface area contributed by atoms with Gasteiger partial charge >= 0.3 is 0 Å². The summed E-state index contributed by atoms with van der Waals surface area (Å²) in [6, 6.07) is 15.4. The van der Waals surface area contributed by atoms with Crippen molar-refractivity contribution in [1.82, 2.24) is 10.2 Å². The first-order chi connectivity index (χ1) is 12.5. The highest BCUT2D eigenvalue weighted by Crippen LogP contribution is 2.28. The molecule has 1 unspecified atom stereocenters. The second-order valence-corrected chi connectivity index (χ2v) is 6.56. The van der Waals surface area contributed by atoms with Gasteiger partial charge in [0.1, 0.15) is 5.75 Å². The number of rotatable bonds is 6. The predicted molar refractivity (Wildman–Crippen MR) is 101 cm³/mol. The summed E-state index contributed by atoms with van der Waals surface area (Å²) >= 11 is 0. The number of likely N-dealkylation sites (N-methyl/N-ethyl adjacent to an activating group) is 1. The van der Waals surface area contributed by atoms with Gasteiger partial charge in [-0.15, -0.1) is 0 Å². The summed E-state index contributed by atoms with van der Waals surface area (Å²) in [5.74, 6) is 0.170.